The van der Waals surface area contributed by atoms with Crippen molar-refractivity contribution in [2.24, 2.45) is 0 Å². The molecule has 0 heterocycles. The highest BCUT2D eigenvalue weighted by molar-refractivity contribution is 6.34. The second kappa shape index (κ2) is 6.23. The third-order valence-electron chi connectivity index (χ3n) is 2.52. The summed E-state index contributed by atoms with van der Waals surface area (Å²) in [6.07, 6.45) is 0. The van der Waals surface area contributed by atoms with E-state index in [4.69, 9.17) is 17.3 Å². The molecule has 0 saturated heterocycles. The molecule has 0 radical (unpaired) electrons. The van der Waals surface area contributed by atoms with Crippen molar-refractivity contribution in [3.63, 3.8) is 0 Å². The number of hydrogen-bond acceptors (Lipinski definition) is 4. The Labute approximate surface area is 118 Å². The lowest BCUT2D eigenvalue weighted by molar-refractivity contribution is 0.0326. The number of carbonyl (C=O) groups excluding carboxylic acids is 1. The van der Waals surface area contributed by atoms with Crippen molar-refractivity contribution in [1.29, 1.82) is 0 Å². The van der Waals surface area contributed by atoms with Gasteiger partial charge in [0.15, 0.2) is 0 Å². The summed E-state index contributed by atoms with van der Waals surface area (Å²) >= 11 is 5.95. The Balaban J connectivity index is 2.65. The monoisotopic (exact) mass is 285 g/mol. The van der Waals surface area contributed by atoms with Gasteiger partial charge in [0.1, 0.15) is 0 Å². The van der Waals surface area contributed by atoms with Gasteiger partial charge in [0.05, 0.1) is 16.2 Å². The first-order valence-electron chi connectivity index (χ1n) is 5.91. The minimum atomic E-state index is -1.00. The van der Waals surface area contributed by atoms with Gasteiger partial charge in [0, 0.05) is 18.8 Å². The van der Waals surface area contributed by atoms with Crippen molar-refractivity contribution in [1.82, 2.24) is 10.2 Å². The summed E-state index contributed by atoms with van der Waals surface area (Å²) < 4.78 is 0. The quantitative estimate of drug-likeness (QED) is 0.704. The van der Waals surface area contributed by atoms with Gasteiger partial charge in [0.25, 0.3) is 5.91 Å². The summed E-state index contributed by atoms with van der Waals surface area (Å²) in [6.45, 7) is 2.26. The zero-order chi connectivity index (χ0) is 14.6. The third-order valence-corrected chi connectivity index (χ3v) is 2.84. The Kier molecular flexibility index (Phi) is 5.17. The van der Waals surface area contributed by atoms with Crippen LogP contribution in [0.5, 0.6) is 0 Å². The molecule has 0 saturated carbocycles. The number of nitrogens with zero attached hydrogens (tertiary/aromatic N) is 1. The van der Waals surface area contributed by atoms with Crippen molar-refractivity contribution in [2.75, 3.05) is 32.9 Å². The average Bonchev–Trinajstić information content (AvgIpc) is 2.24. The van der Waals surface area contributed by atoms with Gasteiger partial charge in [-0.2, -0.15) is 0 Å². The van der Waals surface area contributed by atoms with E-state index >= 15 is 0 Å². The first kappa shape index (κ1) is 15.8. The molecular formula is C13H20ClN3O2. The Hall–Kier alpha value is -1.30. The molecule has 1 aromatic carbocycles. The summed E-state index contributed by atoms with van der Waals surface area (Å²) in [5.74, 6) is -0.330. The average molecular weight is 286 g/mol. The molecule has 6 heteroatoms. The summed E-state index contributed by atoms with van der Waals surface area (Å²) in [7, 11) is 3.71. The molecule has 0 aliphatic heterocycles. The number of halogens is 1. The fourth-order valence-electron chi connectivity index (χ4n) is 1.82. The van der Waals surface area contributed by atoms with Crippen molar-refractivity contribution >= 4 is 23.2 Å². The number of likely N-dealkylation sites (N-methyl/N-ethyl adjacent to an activating group) is 1. The predicted octanol–water partition coefficient (Wildman–Crippen LogP) is 0.965. The van der Waals surface area contributed by atoms with E-state index in [1.165, 1.54) is 6.07 Å². The highest BCUT2D eigenvalue weighted by Crippen LogP contribution is 2.19. The summed E-state index contributed by atoms with van der Waals surface area (Å²) in [4.78, 5) is 13.8. The van der Waals surface area contributed by atoms with E-state index in [0.29, 0.717) is 22.8 Å². The molecule has 0 fully saturated rings. The molecule has 1 aromatic rings. The number of aliphatic hydroxyl groups is 1. The molecule has 1 atom stereocenters. The van der Waals surface area contributed by atoms with E-state index in [2.05, 4.69) is 5.32 Å². The van der Waals surface area contributed by atoms with Gasteiger partial charge in [0.2, 0.25) is 0 Å². The number of nitrogen functional groups attached to an aromatic ring is 1. The first-order chi connectivity index (χ1) is 8.71. The van der Waals surface area contributed by atoms with Crippen molar-refractivity contribution in [3.05, 3.63) is 28.8 Å². The summed E-state index contributed by atoms with van der Waals surface area (Å²) in [5.41, 5.74) is 5.41. The highest BCUT2D eigenvalue weighted by Gasteiger charge is 2.22. The zero-order valence-corrected chi connectivity index (χ0v) is 12.2. The van der Waals surface area contributed by atoms with Crippen LogP contribution in [0.4, 0.5) is 5.69 Å². The smallest absolute Gasteiger partial charge is 0.252 e. The van der Waals surface area contributed by atoms with Gasteiger partial charge in [-0.05, 0) is 39.2 Å². The fraction of sp³-hybridized carbons (Fsp3) is 0.462. The Morgan fingerprint density at radius 1 is 1.53 bits per heavy atom. The van der Waals surface area contributed by atoms with E-state index in [1.807, 2.05) is 19.0 Å². The van der Waals surface area contributed by atoms with Crippen molar-refractivity contribution < 1.29 is 9.90 Å². The number of rotatable bonds is 5. The minimum absolute atomic E-state index is 0.144. The number of benzene rings is 1. The van der Waals surface area contributed by atoms with Crippen LogP contribution in [0.15, 0.2) is 18.2 Å². The number of nitrogens with two attached hydrogens (primary N) is 1. The highest BCUT2D eigenvalue weighted by atomic mass is 35.5. The SMILES string of the molecule is CN(C)CC(C)(O)CNC(=O)c1ccc(N)cc1Cl. The van der Waals surface area contributed by atoms with E-state index in [1.54, 1.807) is 19.1 Å². The lowest BCUT2D eigenvalue weighted by Crippen LogP contribution is -2.47. The minimum Gasteiger partial charge on any atom is -0.399 e. The largest absolute Gasteiger partial charge is 0.399 e. The van der Waals surface area contributed by atoms with Crippen LogP contribution in [-0.2, 0) is 0 Å². The molecule has 4 N–H and O–H groups in total. The van der Waals surface area contributed by atoms with E-state index in [-0.39, 0.29) is 12.5 Å². The lowest BCUT2D eigenvalue weighted by atomic mass is 10.1. The maximum absolute atomic E-state index is 11.9. The third kappa shape index (κ3) is 5.06. The second-order valence-electron chi connectivity index (χ2n) is 5.16. The van der Waals surface area contributed by atoms with Gasteiger partial charge in [-0.1, -0.05) is 11.6 Å². The predicted molar refractivity (Wildman–Crippen MR) is 77.4 cm³/mol. The normalized spacial score (nSPS) is 14.2. The standard InChI is InChI=1S/C13H20ClN3O2/c1-13(19,8-17(2)3)7-16-12(18)10-5-4-9(15)6-11(10)14/h4-6,19H,7-8,15H2,1-3H3,(H,16,18). The van der Waals surface area contributed by atoms with Gasteiger partial charge in [-0.3, -0.25) is 4.79 Å². The second-order valence-corrected chi connectivity index (χ2v) is 5.56. The van der Waals surface area contributed by atoms with Gasteiger partial charge in [-0.15, -0.1) is 0 Å². The summed E-state index contributed by atoms with van der Waals surface area (Å²) in [5, 5.41) is 13.0. The molecule has 0 aliphatic rings. The van der Waals surface area contributed by atoms with Crippen LogP contribution in [0.25, 0.3) is 0 Å². The molecule has 1 amide bonds. The number of nitrogens with one attached hydrogen (secondary N) is 1. The lowest BCUT2D eigenvalue weighted by Gasteiger charge is -2.27. The molecule has 19 heavy (non-hydrogen) atoms. The van der Waals surface area contributed by atoms with Gasteiger partial charge in [-0.25, -0.2) is 0 Å². The van der Waals surface area contributed by atoms with Gasteiger partial charge < -0.3 is 21.1 Å². The molecule has 1 rings (SSSR count). The Morgan fingerprint density at radius 2 is 2.16 bits per heavy atom. The van der Waals surface area contributed by atoms with Crippen LogP contribution < -0.4 is 11.1 Å². The molecular weight excluding hydrogens is 266 g/mol. The fourth-order valence-corrected chi connectivity index (χ4v) is 2.09. The van der Waals surface area contributed by atoms with Crippen molar-refractivity contribution in [3.8, 4) is 0 Å². The van der Waals surface area contributed by atoms with Crippen LogP contribution in [0, 0.1) is 0 Å². The topological polar surface area (TPSA) is 78.6 Å². The number of hydrogen-bond donors (Lipinski definition) is 3. The van der Waals surface area contributed by atoms with E-state index < -0.39 is 5.60 Å². The Morgan fingerprint density at radius 3 is 2.68 bits per heavy atom. The maximum atomic E-state index is 11.9. The molecule has 106 valence electrons. The first-order valence-corrected chi connectivity index (χ1v) is 6.29. The molecule has 0 aromatic heterocycles. The van der Waals surface area contributed by atoms with Crippen LogP contribution in [0.3, 0.4) is 0 Å². The molecule has 0 bridgehead atoms. The van der Waals surface area contributed by atoms with Crippen LogP contribution in [0.1, 0.15) is 17.3 Å². The number of carbonyl (C=O) groups is 1. The Bertz CT molecular complexity index is 461. The number of amides is 1. The molecule has 5 nitrogen and oxygen atoms in total. The van der Waals surface area contributed by atoms with E-state index in [0.717, 1.165) is 0 Å². The van der Waals surface area contributed by atoms with E-state index in [9.17, 15) is 9.90 Å². The van der Waals surface area contributed by atoms with Crippen molar-refractivity contribution in [2.45, 2.75) is 12.5 Å². The molecule has 0 aliphatic carbocycles. The maximum Gasteiger partial charge on any atom is 0.252 e. The van der Waals surface area contributed by atoms with Crippen LogP contribution in [-0.4, -0.2) is 48.7 Å². The molecule has 1 unspecified atom stereocenters. The molecule has 0 spiro atoms. The van der Waals surface area contributed by atoms with Crippen LogP contribution in [0.2, 0.25) is 5.02 Å². The number of anilines is 1. The zero-order valence-electron chi connectivity index (χ0n) is 11.4. The van der Waals surface area contributed by atoms with Gasteiger partial charge >= 0.3 is 0 Å². The van der Waals surface area contributed by atoms with Crippen LogP contribution >= 0.6 is 11.6 Å². The summed E-state index contributed by atoms with van der Waals surface area (Å²) in [6, 6.07) is 4.70.